The lowest BCUT2D eigenvalue weighted by atomic mass is 10.3. The van der Waals surface area contributed by atoms with Crippen LogP contribution in [0, 0.1) is 0 Å². The Morgan fingerprint density at radius 1 is 1.47 bits per heavy atom. The summed E-state index contributed by atoms with van der Waals surface area (Å²) in [6.45, 7) is 3.86. The summed E-state index contributed by atoms with van der Waals surface area (Å²) in [5.74, 6) is -0.872. The summed E-state index contributed by atoms with van der Waals surface area (Å²) in [5.41, 5.74) is 0. The summed E-state index contributed by atoms with van der Waals surface area (Å²) in [4.78, 5) is 32.1. The molecule has 17 heavy (non-hydrogen) atoms. The molecule has 0 aliphatic carbocycles. The van der Waals surface area contributed by atoms with Crippen LogP contribution in [0.15, 0.2) is 0 Å². The van der Waals surface area contributed by atoms with Crippen molar-refractivity contribution in [2.75, 3.05) is 11.5 Å². The molecule has 6 nitrogen and oxygen atoms in total. The van der Waals surface area contributed by atoms with E-state index in [0.717, 1.165) is 6.42 Å². The first kappa shape index (κ1) is 15.8. The average molecular weight is 262 g/mol. The monoisotopic (exact) mass is 262 g/mol. The third kappa shape index (κ3) is 7.62. The van der Waals surface area contributed by atoms with Gasteiger partial charge in [-0.25, -0.2) is 4.79 Å². The van der Waals surface area contributed by atoms with Crippen molar-refractivity contribution in [1.29, 1.82) is 0 Å². The Kier molecular flexibility index (Phi) is 8.21. The second kappa shape index (κ2) is 8.86. The molecule has 0 fully saturated rings. The van der Waals surface area contributed by atoms with E-state index in [4.69, 9.17) is 5.11 Å². The van der Waals surface area contributed by atoms with Crippen LogP contribution in [-0.4, -0.2) is 47.0 Å². The van der Waals surface area contributed by atoms with E-state index in [1.54, 1.807) is 0 Å². The fraction of sp³-hybridized carbons (Fsp3) is 0.700. The van der Waals surface area contributed by atoms with E-state index in [-0.39, 0.29) is 23.5 Å². The molecule has 0 aliphatic heterocycles. The maximum atomic E-state index is 11.4. The lowest BCUT2D eigenvalue weighted by Gasteiger charge is -2.12. The quantitative estimate of drug-likeness (QED) is 0.502. The minimum atomic E-state index is -1.10. The Bertz CT molecular complexity index is 273. The molecule has 0 saturated heterocycles. The summed E-state index contributed by atoms with van der Waals surface area (Å²) < 4.78 is 0. The predicted octanol–water partition coefficient (Wildman–Crippen LogP) is -0.166. The second-order valence-corrected chi connectivity index (χ2v) is 4.60. The number of hydrogen-bond acceptors (Lipinski definition) is 4. The van der Waals surface area contributed by atoms with E-state index in [2.05, 4.69) is 10.6 Å². The smallest absolute Gasteiger partial charge is 0.327 e. The highest BCUT2D eigenvalue weighted by Crippen LogP contribution is 2.03. The molecule has 0 aliphatic rings. The zero-order valence-corrected chi connectivity index (χ0v) is 10.8. The van der Waals surface area contributed by atoms with Gasteiger partial charge in [-0.3, -0.25) is 9.59 Å². The van der Waals surface area contributed by atoms with Gasteiger partial charge in [0.2, 0.25) is 12.3 Å². The van der Waals surface area contributed by atoms with E-state index in [0.29, 0.717) is 6.41 Å². The molecule has 3 N–H and O–H groups in total. The number of nitrogens with one attached hydrogen (secondary N) is 2. The van der Waals surface area contributed by atoms with Gasteiger partial charge in [-0.05, 0) is 13.3 Å². The van der Waals surface area contributed by atoms with Gasteiger partial charge in [-0.1, -0.05) is 6.92 Å². The van der Waals surface area contributed by atoms with Gasteiger partial charge in [0.1, 0.15) is 6.04 Å². The number of thioether (sulfide) groups is 1. The van der Waals surface area contributed by atoms with Gasteiger partial charge in [0.25, 0.3) is 0 Å². The molecule has 2 unspecified atom stereocenters. The summed E-state index contributed by atoms with van der Waals surface area (Å²) in [6.07, 6.45) is 1.19. The third-order valence-corrected chi connectivity index (χ3v) is 3.14. The molecule has 2 atom stereocenters. The SMILES string of the molecule is CCC(C)NC(=O)CSCC(NC=O)C(=O)O. The molecule has 0 spiro atoms. The Hall–Kier alpha value is -1.24. The van der Waals surface area contributed by atoms with Crippen molar-refractivity contribution in [3.05, 3.63) is 0 Å². The van der Waals surface area contributed by atoms with Crippen LogP contribution < -0.4 is 10.6 Å². The number of carboxylic acids is 1. The molecular weight excluding hydrogens is 244 g/mol. The number of carbonyl (C=O) groups excluding carboxylic acids is 2. The van der Waals surface area contributed by atoms with Gasteiger partial charge in [0, 0.05) is 11.8 Å². The van der Waals surface area contributed by atoms with Gasteiger partial charge >= 0.3 is 5.97 Å². The van der Waals surface area contributed by atoms with Gasteiger partial charge in [0.15, 0.2) is 0 Å². The first-order chi connectivity index (χ1) is 8.01. The number of aliphatic carboxylic acids is 1. The van der Waals surface area contributed by atoms with Crippen molar-refractivity contribution in [3.63, 3.8) is 0 Å². The lowest BCUT2D eigenvalue weighted by molar-refractivity contribution is -0.139. The second-order valence-electron chi connectivity index (χ2n) is 3.57. The van der Waals surface area contributed by atoms with Crippen molar-refractivity contribution in [2.45, 2.75) is 32.4 Å². The highest BCUT2D eigenvalue weighted by molar-refractivity contribution is 8.00. The number of carbonyl (C=O) groups is 3. The highest BCUT2D eigenvalue weighted by atomic mass is 32.2. The molecule has 0 aromatic carbocycles. The van der Waals surface area contributed by atoms with E-state index < -0.39 is 12.0 Å². The number of rotatable bonds is 9. The largest absolute Gasteiger partial charge is 0.480 e. The molecule has 0 aromatic heterocycles. The summed E-state index contributed by atoms with van der Waals surface area (Å²) in [6, 6.07) is -0.833. The molecule has 0 radical (unpaired) electrons. The Balaban J connectivity index is 3.84. The van der Waals surface area contributed by atoms with Gasteiger partial charge in [-0.2, -0.15) is 0 Å². The van der Waals surface area contributed by atoms with Crippen molar-refractivity contribution < 1.29 is 19.5 Å². The number of carboxylic acid groups (broad SMARTS) is 1. The summed E-state index contributed by atoms with van der Waals surface area (Å²) in [5, 5.41) is 13.7. The van der Waals surface area contributed by atoms with Crippen molar-refractivity contribution in [3.8, 4) is 0 Å². The molecular formula is C10H18N2O4S. The Morgan fingerprint density at radius 3 is 2.59 bits per heavy atom. The third-order valence-electron chi connectivity index (χ3n) is 2.10. The van der Waals surface area contributed by atoms with E-state index in [9.17, 15) is 14.4 Å². The van der Waals surface area contributed by atoms with Crippen LogP contribution in [0.25, 0.3) is 0 Å². The van der Waals surface area contributed by atoms with Crippen LogP contribution in [0.4, 0.5) is 0 Å². The zero-order valence-electron chi connectivity index (χ0n) is 9.93. The molecule has 0 saturated carbocycles. The van der Waals surface area contributed by atoms with E-state index in [1.165, 1.54) is 11.8 Å². The summed E-state index contributed by atoms with van der Waals surface area (Å²) >= 11 is 1.18. The fourth-order valence-corrected chi connectivity index (χ4v) is 1.82. The fourth-order valence-electron chi connectivity index (χ4n) is 0.961. The van der Waals surface area contributed by atoms with Crippen molar-refractivity contribution >= 4 is 30.0 Å². The molecule has 7 heteroatoms. The van der Waals surface area contributed by atoms with Crippen molar-refractivity contribution in [2.24, 2.45) is 0 Å². The van der Waals surface area contributed by atoms with Crippen LogP contribution in [0.2, 0.25) is 0 Å². The van der Waals surface area contributed by atoms with Crippen LogP contribution in [0.3, 0.4) is 0 Å². The van der Waals surface area contributed by atoms with Crippen LogP contribution >= 0.6 is 11.8 Å². The maximum Gasteiger partial charge on any atom is 0.327 e. The highest BCUT2D eigenvalue weighted by Gasteiger charge is 2.16. The van der Waals surface area contributed by atoms with Crippen LogP contribution in [-0.2, 0) is 14.4 Å². The van der Waals surface area contributed by atoms with Crippen molar-refractivity contribution in [1.82, 2.24) is 10.6 Å². The Morgan fingerprint density at radius 2 is 2.12 bits per heavy atom. The topological polar surface area (TPSA) is 95.5 Å². The lowest BCUT2D eigenvalue weighted by Crippen LogP contribution is -2.39. The predicted molar refractivity (Wildman–Crippen MR) is 65.8 cm³/mol. The number of hydrogen-bond donors (Lipinski definition) is 3. The molecule has 0 rings (SSSR count). The maximum absolute atomic E-state index is 11.4. The zero-order chi connectivity index (χ0) is 13.3. The average Bonchev–Trinajstić information content (AvgIpc) is 2.27. The van der Waals surface area contributed by atoms with E-state index >= 15 is 0 Å². The molecule has 0 bridgehead atoms. The standard InChI is InChI=1S/C10H18N2O4S/c1-3-7(2)12-9(14)5-17-4-8(10(15)16)11-6-13/h6-8H,3-5H2,1-2H3,(H,11,13)(H,12,14)(H,15,16). The summed E-state index contributed by atoms with van der Waals surface area (Å²) in [7, 11) is 0. The molecule has 0 heterocycles. The van der Waals surface area contributed by atoms with Gasteiger partial charge in [0.05, 0.1) is 5.75 Å². The minimum absolute atomic E-state index is 0.117. The van der Waals surface area contributed by atoms with Crippen LogP contribution in [0.1, 0.15) is 20.3 Å². The first-order valence-corrected chi connectivity index (χ1v) is 6.46. The normalized spacial score (nSPS) is 13.5. The molecule has 98 valence electrons. The van der Waals surface area contributed by atoms with Gasteiger partial charge in [-0.15, -0.1) is 11.8 Å². The first-order valence-electron chi connectivity index (χ1n) is 5.30. The molecule has 2 amide bonds. The van der Waals surface area contributed by atoms with Crippen LogP contribution in [0.5, 0.6) is 0 Å². The molecule has 0 aromatic rings. The minimum Gasteiger partial charge on any atom is -0.480 e. The number of amides is 2. The van der Waals surface area contributed by atoms with Gasteiger partial charge < -0.3 is 15.7 Å². The van der Waals surface area contributed by atoms with E-state index in [1.807, 2.05) is 13.8 Å². The Labute approximate surface area is 105 Å².